The van der Waals surface area contributed by atoms with Gasteiger partial charge in [-0.1, -0.05) is 30.3 Å². The first kappa shape index (κ1) is 21.7. The number of aliphatic hydroxyl groups is 1. The molecule has 0 bridgehead atoms. The summed E-state index contributed by atoms with van der Waals surface area (Å²) in [4.78, 5) is 13.4. The number of nitrogens with two attached hydrogens (primary N) is 1. The van der Waals surface area contributed by atoms with Gasteiger partial charge < -0.3 is 25.1 Å². The summed E-state index contributed by atoms with van der Waals surface area (Å²) in [7, 11) is 0. The molecule has 11 heteroatoms. The second-order valence-electron chi connectivity index (χ2n) is 8.52. The molecular weight excluding hydrogens is 456 g/mol. The molecule has 2 aliphatic heterocycles. The van der Waals surface area contributed by atoms with Gasteiger partial charge in [-0.25, -0.2) is 19.6 Å². The number of aliphatic hydroxyl groups excluding tert-OH is 1. The molecule has 1 aromatic carbocycles. The Labute approximate surface area is 199 Å². The predicted octanol–water partition coefficient (Wildman–Crippen LogP) is 2.13. The van der Waals surface area contributed by atoms with E-state index in [-0.39, 0.29) is 6.61 Å². The first-order chi connectivity index (χ1) is 16.5. The normalized spacial score (nSPS) is 29.3. The molecule has 176 valence electrons. The third kappa shape index (κ3) is 3.70. The lowest BCUT2D eigenvalue weighted by Gasteiger charge is -2.46. The summed E-state index contributed by atoms with van der Waals surface area (Å²) in [5, 5.41) is 16.6. The van der Waals surface area contributed by atoms with Crippen molar-refractivity contribution in [1.82, 2.24) is 24.7 Å². The van der Waals surface area contributed by atoms with Crippen LogP contribution < -0.4 is 5.73 Å². The fraction of sp³-hybridized carbons (Fsp3) is 0.391. The zero-order valence-electron chi connectivity index (χ0n) is 18.6. The molecule has 2 saturated heterocycles. The Balaban J connectivity index is 1.30. The molecule has 0 spiro atoms. The fourth-order valence-electron chi connectivity index (χ4n) is 4.50. The molecule has 6 atom stereocenters. The Morgan fingerprint density at radius 2 is 1.97 bits per heavy atom. The second kappa shape index (κ2) is 8.45. The van der Waals surface area contributed by atoms with Gasteiger partial charge in [-0.05, 0) is 19.9 Å². The van der Waals surface area contributed by atoms with Crippen LogP contribution in [0.1, 0.15) is 34.6 Å². The largest absolute Gasteiger partial charge is 0.388 e. The molecular formula is C23H24N6O4S. The van der Waals surface area contributed by atoms with Crippen LogP contribution in [0, 0.1) is 13.8 Å². The molecule has 10 nitrogen and oxygen atoms in total. The van der Waals surface area contributed by atoms with Gasteiger partial charge in [0.05, 0.1) is 34.2 Å². The molecule has 5 heterocycles. The monoisotopic (exact) mass is 480 g/mol. The van der Waals surface area contributed by atoms with Gasteiger partial charge >= 0.3 is 0 Å². The van der Waals surface area contributed by atoms with Crippen molar-refractivity contribution in [1.29, 1.82) is 0 Å². The van der Waals surface area contributed by atoms with Crippen LogP contribution in [0.15, 0.2) is 42.6 Å². The highest BCUT2D eigenvalue weighted by Crippen LogP contribution is 2.38. The molecule has 0 aliphatic carbocycles. The molecule has 0 amide bonds. The van der Waals surface area contributed by atoms with Crippen molar-refractivity contribution in [2.75, 3.05) is 6.61 Å². The topological polar surface area (TPSA) is 130 Å². The molecule has 6 rings (SSSR count). The zero-order valence-corrected chi connectivity index (χ0v) is 19.4. The number of fused-ring (bicyclic) bond motifs is 2. The minimum atomic E-state index is -1.06. The summed E-state index contributed by atoms with van der Waals surface area (Å²) < 4.78 is 20.9. The summed E-state index contributed by atoms with van der Waals surface area (Å²) in [5.74, 6) is 0.994. The highest BCUT2D eigenvalue weighted by molar-refractivity contribution is 7.18. The van der Waals surface area contributed by atoms with Crippen LogP contribution in [0.4, 0.5) is 0 Å². The smallest absolute Gasteiger partial charge is 0.184 e. The predicted molar refractivity (Wildman–Crippen MR) is 123 cm³/mol. The third-order valence-corrected chi connectivity index (χ3v) is 7.02. The maximum Gasteiger partial charge on any atom is 0.184 e. The van der Waals surface area contributed by atoms with E-state index in [0.29, 0.717) is 23.0 Å². The van der Waals surface area contributed by atoms with Crippen molar-refractivity contribution in [3.63, 3.8) is 0 Å². The molecule has 0 saturated carbocycles. The Hall–Kier alpha value is -2.80. The fourth-order valence-corrected chi connectivity index (χ4v) is 5.32. The van der Waals surface area contributed by atoms with Crippen LogP contribution in [0.3, 0.4) is 0 Å². The number of rotatable bonds is 3. The summed E-state index contributed by atoms with van der Waals surface area (Å²) in [6, 6.07) is 10.9. The minimum absolute atomic E-state index is 0.280. The van der Waals surface area contributed by atoms with E-state index in [2.05, 4.69) is 20.1 Å². The van der Waals surface area contributed by atoms with Crippen LogP contribution in [0.25, 0.3) is 16.0 Å². The summed E-state index contributed by atoms with van der Waals surface area (Å²) in [5.41, 5.74) is 8.77. The van der Waals surface area contributed by atoms with E-state index in [1.54, 1.807) is 29.1 Å². The molecule has 2 fully saturated rings. The molecule has 4 aromatic rings. The van der Waals surface area contributed by atoms with Crippen molar-refractivity contribution < 1.29 is 19.3 Å². The molecule has 34 heavy (non-hydrogen) atoms. The van der Waals surface area contributed by atoms with Crippen LogP contribution in [0.5, 0.6) is 0 Å². The van der Waals surface area contributed by atoms with Crippen LogP contribution in [-0.2, 0) is 14.2 Å². The van der Waals surface area contributed by atoms with Crippen molar-refractivity contribution in [2.24, 2.45) is 5.73 Å². The number of hydrogen-bond acceptors (Lipinski definition) is 10. The van der Waals surface area contributed by atoms with E-state index >= 15 is 0 Å². The molecule has 6 unspecified atom stereocenters. The van der Waals surface area contributed by atoms with Gasteiger partial charge in [0.25, 0.3) is 0 Å². The van der Waals surface area contributed by atoms with Gasteiger partial charge in [0.2, 0.25) is 0 Å². The van der Waals surface area contributed by atoms with Crippen LogP contribution >= 0.6 is 11.3 Å². The summed E-state index contributed by atoms with van der Waals surface area (Å²) >= 11 is 1.55. The first-order valence-electron chi connectivity index (χ1n) is 11.1. The van der Waals surface area contributed by atoms with E-state index in [1.165, 1.54) is 0 Å². The average Bonchev–Trinajstić information content (AvgIpc) is 3.42. The van der Waals surface area contributed by atoms with Crippen molar-refractivity contribution in [3.8, 4) is 5.69 Å². The number of ether oxygens (including phenoxy) is 3. The van der Waals surface area contributed by atoms with Crippen LogP contribution in [-0.4, -0.2) is 60.8 Å². The van der Waals surface area contributed by atoms with Gasteiger partial charge in [-0.3, -0.25) is 0 Å². The number of thiazole rings is 1. The van der Waals surface area contributed by atoms with Crippen molar-refractivity contribution >= 4 is 21.7 Å². The minimum Gasteiger partial charge on any atom is -0.388 e. The maximum absolute atomic E-state index is 11.2. The zero-order chi connectivity index (χ0) is 23.4. The second-order valence-corrected chi connectivity index (χ2v) is 9.75. The van der Waals surface area contributed by atoms with Gasteiger partial charge in [0, 0.05) is 5.56 Å². The Morgan fingerprint density at radius 1 is 1.15 bits per heavy atom. The Bertz CT molecular complexity index is 1330. The number of benzene rings is 1. The quantitative estimate of drug-likeness (QED) is 0.453. The number of hydrogen-bond donors (Lipinski definition) is 2. The van der Waals surface area contributed by atoms with E-state index in [9.17, 15) is 5.11 Å². The summed E-state index contributed by atoms with van der Waals surface area (Å²) in [6.07, 6.45) is -1.72. The molecule has 3 aromatic heterocycles. The molecule has 0 radical (unpaired) electrons. The highest BCUT2D eigenvalue weighted by atomic mass is 32.1. The number of aromatic nitrogens is 5. The number of nitrogens with zero attached hydrogens (tertiary/aromatic N) is 5. The van der Waals surface area contributed by atoms with Crippen LogP contribution in [0.2, 0.25) is 0 Å². The van der Waals surface area contributed by atoms with E-state index in [4.69, 9.17) is 19.9 Å². The maximum atomic E-state index is 11.2. The van der Waals surface area contributed by atoms with Gasteiger partial charge in [0.15, 0.2) is 17.8 Å². The molecule has 3 N–H and O–H groups in total. The first-order valence-corrected chi connectivity index (χ1v) is 11.9. The lowest BCUT2D eigenvalue weighted by Crippen LogP contribution is -2.62. The lowest BCUT2D eigenvalue weighted by atomic mass is 9.92. The van der Waals surface area contributed by atoms with Gasteiger partial charge in [0.1, 0.15) is 30.2 Å². The third-order valence-electron chi connectivity index (χ3n) is 6.11. The number of aryl methyl sites for hydroxylation is 2. The van der Waals surface area contributed by atoms with E-state index in [0.717, 1.165) is 15.3 Å². The highest BCUT2D eigenvalue weighted by Gasteiger charge is 2.49. The average molecular weight is 481 g/mol. The van der Waals surface area contributed by atoms with Crippen molar-refractivity contribution in [3.05, 3.63) is 64.8 Å². The number of pyridine rings is 1. The van der Waals surface area contributed by atoms with Gasteiger partial charge in [-0.2, -0.15) is 5.10 Å². The van der Waals surface area contributed by atoms with Gasteiger partial charge in [-0.15, -0.1) is 11.3 Å². The Kier molecular flexibility index (Phi) is 5.40. The van der Waals surface area contributed by atoms with E-state index < -0.39 is 36.7 Å². The SMILES string of the molecule is Cc1nc(C2OC3COC(c4ccccc4)OC3C(N)C2O)n(-c2cnc3nc(C)sc3c2)n1. The Morgan fingerprint density at radius 3 is 2.79 bits per heavy atom. The van der Waals surface area contributed by atoms with E-state index in [1.807, 2.05) is 43.3 Å². The lowest BCUT2D eigenvalue weighted by molar-refractivity contribution is -0.309. The van der Waals surface area contributed by atoms with Crippen molar-refractivity contribution in [2.45, 2.75) is 50.6 Å². The standard InChI is InChI=1S/C23H24N6O4S/c1-11-26-22(29(28-11)14-8-16-21(25-9-14)27-12(2)34-16)20-18(30)17(24)19-15(32-20)10-31-23(33-19)13-6-4-3-5-7-13/h3-9,15,17-20,23,30H,10,24H2,1-2H3. The molecule has 2 aliphatic rings. The summed E-state index contributed by atoms with van der Waals surface area (Å²) in [6.45, 7) is 4.01.